The van der Waals surface area contributed by atoms with Crippen molar-refractivity contribution in [2.24, 2.45) is 23.2 Å². The van der Waals surface area contributed by atoms with E-state index in [-0.39, 0.29) is 11.5 Å². The summed E-state index contributed by atoms with van der Waals surface area (Å²) in [5, 5.41) is 21.2. The van der Waals surface area contributed by atoms with Crippen LogP contribution in [0.2, 0.25) is 0 Å². The quantitative estimate of drug-likeness (QED) is 0.738. The minimum atomic E-state index is -0.194. The molecule has 0 bridgehead atoms. The number of phenols is 1. The Bertz CT molecular complexity index is 888. The first-order valence-electron chi connectivity index (χ1n) is 11.0. The van der Waals surface area contributed by atoms with E-state index in [0.717, 1.165) is 25.7 Å². The molecular formula is C26H32O2. The van der Waals surface area contributed by atoms with E-state index in [2.05, 4.69) is 44.2 Å². The van der Waals surface area contributed by atoms with Gasteiger partial charge >= 0.3 is 0 Å². The summed E-state index contributed by atoms with van der Waals surface area (Å²) in [7, 11) is 0. The molecule has 0 radical (unpaired) electrons. The third-order valence-corrected chi connectivity index (χ3v) is 8.41. The predicted molar refractivity (Wildman–Crippen MR) is 112 cm³/mol. The second-order valence-corrected chi connectivity index (χ2v) is 9.98. The van der Waals surface area contributed by atoms with Crippen LogP contribution in [0.15, 0.2) is 42.5 Å². The zero-order valence-corrected chi connectivity index (χ0v) is 17.1. The number of aryl methyl sites for hydroxylation is 2. The SMILES string of the molecule is Cc1cccc(CC2C[C@H]3C4CCc5cc(O)ccc5C4CC[C@@]3(C)C2O)c1. The van der Waals surface area contributed by atoms with Gasteiger partial charge in [-0.15, -0.1) is 0 Å². The van der Waals surface area contributed by atoms with Gasteiger partial charge in [0.25, 0.3) is 0 Å². The van der Waals surface area contributed by atoms with E-state index in [1.807, 2.05) is 12.1 Å². The molecule has 0 aliphatic heterocycles. The average Bonchev–Trinajstić information content (AvgIpc) is 2.92. The molecule has 2 heteroatoms. The van der Waals surface area contributed by atoms with Gasteiger partial charge in [0, 0.05) is 0 Å². The molecule has 3 aliphatic carbocycles. The first kappa shape index (κ1) is 18.2. The van der Waals surface area contributed by atoms with Gasteiger partial charge in [-0.3, -0.25) is 0 Å². The molecule has 148 valence electrons. The Labute approximate surface area is 168 Å². The van der Waals surface area contributed by atoms with E-state index in [9.17, 15) is 10.2 Å². The van der Waals surface area contributed by atoms with Crippen molar-refractivity contribution >= 4 is 0 Å². The summed E-state index contributed by atoms with van der Waals surface area (Å²) in [5.74, 6) is 2.66. The van der Waals surface area contributed by atoms with Gasteiger partial charge in [-0.25, -0.2) is 0 Å². The molecule has 2 saturated carbocycles. The maximum Gasteiger partial charge on any atom is 0.115 e. The van der Waals surface area contributed by atoms with Crippen LogP contribution in [-0.4, -0.2) is 16.3 Å². The van der Waals surface area contributed by atoms with Gasteiger partial charge in [0.1, 0.15) is 5.75 Å². The molecule has 0 amide bonds. The van der Waals surface area contributed by atoms with Crippen LogP contribution in [0.4, 0.5) is 0 Å². The van der Waals surface area contributed by atoms with E-state index in [1.165, 1.54) is 35.1 Å². The molecule has 0 spiro atoms. The number of fused-ring (bicyclic) bond motifs is 5. The number of benzene rings is 2. The second-order valence-electron chi connectivity index (χ2n) is 9.98. The van der Waals surface area contributed by atoms with Crippen molar-refractivity contribution in [1.82, 2.24) is 0 Å². The third-order valence-electron chi connectivity index (χ3n) is 8.41. The number of phenolic OH excluding ortho intramolecular Hbond substituents is 1. The number of aromatic hydroxyl groups is 1. The number of aliphatic hydroxyl groups is 1. The zero-order chi connectivity index (χ0) is 19.5. The lowest BCUT2D eigenvalue weighted by atomic mass is 9.55. The molecule has 2 aromatic rings. The van der Waals surface area contributed by atoms with Gasteiger partial charge in [-0.05, 0) is 103 Å². The summed E-state index contributed by atoms with van der Waals surface area (Å²) in [6.07, 6.45) is 6.51. The summed E-state index contributed by atoms with van der Waals surface area (Å²) in [5.41, 5.74) is 5.55. The van der Waals surface area contributed by atoms with Crippen LogP contribution in [0.3, 0.4) is 0 Å². The molecule has 28 heavy (non-hydrogen) atoms. The third kappa shape index (κ3) is 2.80. The van der Waals surface area contributed by atoms with Crippen molar-refractivity contribution in [2.45, 2.75) is 64.4 Å². The van der Waals surface area contributed by atoms with Crippen LogP contribution in [0, 0.1) is 30.1 Å². The Morgan fingerprint density at radius 2 is 1.96 bits per heavy atom. The van der Waals surface area contributed by atoms with Gasteiger partial charge in [0.05, 0.1) is 6.10 Å². The van der Waals surface area contributed by atoms with Gasteiger partial charge in [-0.2, -0.15) is 0 Å². The van der Waals surface area contributed by atoms with Crippen LogP contribution >= 0.6 is 0 Å². The molecule has 4 unspecified atom stereocenters. The Kier molecular flexibility index (Phi) is 4.32. The molecule has 5 rings (SSSR count). The van der Waals surface area contributed by atoms with E-state index in [4.69, 9.17) is 0 Å². The Morgan fingerprint density at radius 1 is 1.11 bits per heavy atom. The molecule has 2 aromatic carbocycles. The van der Waals surface area contributed by atoms with Gasteiger partial charge in [0.2, 0.25) is 0 Å². The number of rotatable bonds is 2. The van der Waals surface area contributed by atoms with Crippen molar-refractivity contribution in [2.75, 3.05) is 0 Å². The first-order chi connectivity index (χ1) is 13.5. The summed E-state index contributed by atoms with van der Waals surface area (Å²) in [4.78, 5) is 0. The van der Waals surface area contributed by atoms with E-state index >= 15 is 0 Å². The number of hydrogen-bond acceptors (Lipinski definition) is 2. The first-order valence-corrected chi connectivity index (χ1v) is 11.0. The maximum atomic E-state index is 11.4. The number of hydrogen-bond donors (Lipinski definition) is 2. The topological polar surface area (TPSA) is 40.5 Å². The smallest absolute Gasteiger partial charge is 0.115 e. The summed E-state index contributed by atoms with van der Waals surface area (Å²) in [6, 6.07) is 14.8. The maximum absolute atomic E-state index is 11.4. The van der Waals surface area contributed by atoms with Crippen LogP contribution in [0.25, 0.3) is 0 Å². The van der Waals surface area contributed by atoms with Crippen LogP contribution in [0.5, 0.6) is 5.75 Å². The van der Waals surface area contributed by atoms with Crippen molar-refractivity contribution in [3.63, 3.8) is 0 Å². The van der Waals surface area contributed by atoms with Crippen molar-refractivity contribution in [3.8, 4) is 5.75 Å². The van der Waals surface area contributed by atoms with Crippen molar-refractivity contribution < 1.29 is 10.2 Å². The van der Waals surface area contributed by atoms with Crippen LogP contribution < -0.4 is 0 Å². The lowest BCUT2D eigenvalue weighted by molar-refractivity contribution is -0.0325. The highest BCUT2D eigenvalue weighted by molar-refractivity contribution is 5.40. The zero-order valence-electron chi connectivity index (χ0n) is 17.1. The highest BCUT2D eigenvalue weighted by atomic mass is 16.3. The Morgan fingerprint density at radius 3 is 2.79 bits per heavy atom. The molecule has 0 saturated heterocycles. The minimum Gasteiger partial charge on any atom is -0.508 e. The molecule has 0 heterocycles. The highest BCUT2D eigenvalue weighted by Crippen LogP contribution is 2.62. The van der Waals surface area contributed by atoms with Crippen molar-refractivity contribution in [3.05, 3.63) is 64.7 Å². The fraction of sp³-hybridized carbons (Fsp3) is 0.538. The molecule has 2 fully saturated rings. The normalized spacial score (nSPS) is 36.5. The minimum absolute atomic E-state index is 0.0596. The van der Waals surface area contributed by atoms with Gasteiger partial charge < -0.3 is 10.2 Å². The average molecular weight is 377 g/mol. The monoisotopic (exact) mass is 376 g/mol. The lowest BCUT2D eigenvalue weighted by Crippen LogP contribution is -2.44. The van der Waals surface area contributed by atoms with E-state index in [0.29, 0.717) is 29.4 Å². The molecule has 2 N–H and O–H groups in total. The van der Waals surface area contributed by atoms with Crippen LogP contribution in [-0.2, 0) is 12.8 Å². The summed E-state index contributed by atoms with van der Waals surface area (Å²) < 4.78 is 0. The fourth-order valence-electron chi connectivity index (χ4n) is 7.06. The predicted octanol–water partition coefficient (Wildman–Crippen LogP) is 5.39. The number of aliphatic hydroxyl groups excluding tert-OH is 1. The summed E-state index contributed by atoms with van der Waals surface area (Å²) >= 11 is 0. The largest absolute Gasteiger partial charge is 0.508 e. The molecule has 6 atom stereocenters. The second kappa shape index (κ2) is 6.62. The molecule has 0 aromatic heterocycles. The van der Waals surface area contributed by atoms with Gasteiger partial charge in [-0.1, -0.05) is 42.8 Å². The molecule has 2 nitrogen and oxygen atoms in total. The van der Waals surface area contributed by atoms with Crippen LogP contribution in [0.1, 0.15) is 60.8 Å². The Balaban J connectivity index is 1.42. The van der Waals surface area contributed by atoms with E-state index in [1.54, 1.807) is 0 Å². The van der Waals surface area contributed by atoms with Crippen molar-refractivity contribution in [1.29, 1.82) is 0 Å². The summed E-state index contributed by atoms with van der Waals surface area (Å²) in [6.45, 7) is 4.51. The van der Waals surface area contributed by atoms with Gasteiger partial charge in [0.15, 0.2) is 0 Å². The standard InChI is InChI=1S/C26H32O2/c1-16-4-3-5-17(12-16)13-19-15-24-23-8-6-18-14-20(27)7-9-21(18)22(23)10-11-26(24,2)25(19)28/h3-5,7,9,12,14,19,22-25,27-28H,6,8,10-11,13,15H2,1-2H3/t19?,22?,23?,24-,25?,26+/m0/s1. The molecular weight excluding hydrogens is 344 g/mol. The Hall–Kier alpha value is -1.80. The molecule has 3 aliphatic rings. The highest BCUT2D eigenvalue weighted by Gasteiger charge is 2.57. The lowest BCUT2D eigenvalue weighted by Gasteiger charge is -2.50. The van der Waals surface area contributed by atoms with E-state index < -0.39 is 0 Å². The fourth-order valence-corrected chi connectivity index (χ4v) is 7.06.